The summed E-state index contributed by atoms with van der Waals surface area (Å²) in [5.41, 5.74) is 7.37. The molecule has 1 aromatic rings. The van der Waals surface area contributed by atoms with Gasteiger partial charge in [-0.25, -0.2) is 4.39 Å². The van der Waals surface area contributed by atoms with Crippen LogP contribution in [-0.4, -0.2) is 20.8 Å². The van der Waals surface area contributed by atoms with Crippen molar-refractivity contribution in [3.05, 3.63) is 29.1 Å². The Bertz CT molecular complexity index is 425. The summed E-state index contributed by atoms with van der Waals surface area (Å²) in [5, 5.41) is 0. The SMILES string of the molecule is COCc1c(F)ccc(C2(CN)CCC2)c1OC. The standard InChI is InChI=1S/C14H20FNO2/c1-17-8-10-12(15)5-4-11(13(10)18-2)14(9-16)6-3-7-14/h4-5H,3,6-9,16H2,1-2H3. The second kappa shape index (κ2) is 5.24. The normalized spacial score (nSPS) is 17.3. The van der Waals surface area contributed by atoms with Crippen molar-refractivity contribution >= 4 is 0 Å². The van der Waals surface area contributed by atoms with E-state index in [4.69, 9.17) is 15.2 Å². The molecule has 0 heterocycles. The van der Waals surface area contributed by atoms with Gasteiger partial charge >= 0.3 is 0 Å². The molecule has 3 nitrogen and oxygen atoms in total. The molecule has 0 bridgehead atoms. The van der Waals surface area contributed by atoms with E-state index in [1.54, 1.807) is 20.3 Å². The van der Waals surface area contributed by atoms with Crippen LogP contribution in [0.2, 0.25) is 0 Å². The van der Waals surface area contributed by atoms with Crippen LogP contribution in [0.15, 0.2) is 12.1 Å². The molecule has 2 rings (SSSR count). The Morgan fingerprint density at radius 2 is 2.06 bits per heavy atom. The van der Waals surface area contributed by atoms with Crippen molar-refractivity contribution in [2.24, 2.45) is 5.73 Å². The molecule has 2 N–H and O–H groups in total. The first-order valence-electron chi connectivity index (χ1n) is 6.23. The summed E-state index contributed by atoms with van der Waals surface area (Å²) < 4.78 is 24.3. The molecule has 1 saturated carbocycles. The lowest BCUT2D eigenvalue weighted by Crippen LogP contribution is -2.42. The highest BCUT2D eigenvalue weighted by Crippen LogP contribution is 2.47. The number of benzene rings is 1. The number of halogens is 1. The van der Waals surface area contributed by atoms with Gasteiger partial charge in [0.05, 0.1) is 19.3 Å². The molecule has 0 spiro atoms. The average Bonchev–Trinajstić information content (AvgIpc) is 2.32. The Balaban J connectivity index is 2.50. The van der Waals surface area contributed by atoms with E-state index < -0.39 is 0 Å². The van der Waals surface area contributed by atoms with Crippen LogP contribution in [0.1, 0.15) is 30.4 Å². The monoisotopic (exact) mass is 253 g/mol. The van der Waals surface area contributed by atoms with Gasteiger partial charge in [-0.1, -0.05) is 12.5 Å². The van der Waals surface area contributed by atoms with Crippen molar-refractivity contribution in [2.45, 2.75) is 31.3 Å². The second-order valence-corrected chi connectivity index (χ2v) is 4.88. The number of nitrogens with two attached hydrogens (primary N) is 1. The summed E-state index contributed by atoms with van der Waals surface area (Å²) in [4.78, 5) is 0. The van der Waals surface area contributed by atoms with E-state index in [2.05, 4.69) is 0 Å². The summed E-state index contributed by atoms with van der Waals surface area (Å²) >= 11 is 0. The van der Waals surface area contributed by atoms with Gasteiger partial charge in [0.25, 0.3) is 0 Å². The van der Waals surface area contributed by atoms with Gasteiger partial charge in [-0.15, -0.1) is 0 Å². The molecule has 0 unspecified atom stereocenters. The molecule has 18 heavy (non-hydrogen) atoms. The van der Waals surface area contributed by atoms with E-state index in [0.29, 0.717) is 17.9 Å². The van der Waals surface area contributed by atoms with E-state index in [0.717, 1.165) is 24.8 Å². The number of hydrogen-bond acceptors (Lipinski definition) is 3. The predicted octanol–water partition coefficient (Wildman–Crippen LogP) is 2.36. The van der Waals surface area contributed by atoms with Crippen LogP contribution in [0.5, 0.6) is 5.75 Å². The quantitative estimate of drug-likeness (QED) is 0.876. The molecular formula is C14H20FNO2. The lowest BCUT2D eigenvalue weighted by Gasteiger charge is -2.42. The topological polar surface area (TPSA) is 44.5 Å². The largest absolute Gasteiger partial charge is 0.496 e. The summed E-state index contributed by atoms with van der Waals surface area (Å²) in [6.07, 6.45) is 3.24. The van der Waals surface area contributed by atoms with Crippen LogP contribution in [-0.2, 0) is 16.8 Å². The Kier molecular flexibility index (Phi) is 3.88. The zero-order valence-corrected chi connectivity index (χ0v) is 11.0. The van der Waals surface area contributed by atoms with Crippen LogP contribution >= 0.6 is 0 Å². The number of hydrogen-bond donors (Lipinski definition) is 1. The highest BCUT2D eigenvalue weighted by Gasteiger charge is 2.40. The molecule has 1 fully saturated rings. The molecule has 0 aromatic heterocycles. The molecule has 1 aliphatic rings. The molecule has 0 saturated heterocycles. The molecule has 4 heteroatoms. The van der Waals surface area contributed by atoms with E-state index in [1.807, 2.05) is 0 Å². The minimum atomic E-state index is -0.288. The fraction of sp³-hybridized carbons (Fsp3) is 0.571. The molecule has 0 radical (unpaired) electrons. The number of ether oxygens (including phenoxy) is 2. The van der Waals surface area contributed by atoms with Gasteiger partial charge in [0.2, 0.25) is 0 Å². The Labute approximate surface area is 107 Å². The van der Waals surface area contributed by atoms with Crippen molar-refractivity contribution < 1.29 is 13.9 Å². The summed E-state index contributed by atoms with van der Waals surface area (Å²) in [7, 11) is 3.12. The van der Waals surface area contributed by atoms with Crippen molar-refractivity contribution in [1.29, 1.82) is 0 Å². The maximum atomic E-state index is 13.8. The third-order valence-corrected chi connectivity index (χ3v) is 3.97. The van der Waals surface area contributed by atoms with Gasteiger partial charge in [0.15, 0.2) is 0 Å². The number of rotatable bonds is 5. The van der Waals surface area contributed by atoms with Crippen molar-refractivity contribution in [3.63, 3.8) is 0 Å². The number of methoxy groups -OCH3 is 2. The minimum Gasteiger partial charge on any atom is -0.496 e. The molecule has 0 aliphatic heterocycles. The molecule has 100 valence electrons. The first kappa shape index (κ1) is 13.3. The first-order chi connectivity index (χ1) is 8.68. The van der Waals surface area contributed by atoms with Crippen molar-refractivity contribution in [1.82, 2.24) is 0 Å². The molecular weight excluding hydrogens is 233 g/mol. The fourth-order valence-corrected chi connectivity index (χ4v) is 2.72. The van der Waals surface area contributed by atoms with Crippen LogP contribution in [0.25, 0.3) is 0 Å². The lowest BCUT2D eigenvalue weighted by molar-refractivity contribution is 0.176. The van der Waals surface area contributed by atoms with Crippen LogP contribution < -0.4 is 10.5 Å². The van der Waals surface area contributed by atoms with Crippen LogP contribution in [0.3, 0.4) is 0 Å². The minimum absolute atomic E-state index is 0.0401. The zero-order valence-electron chi connectivity index (χ0n) is 11.0. The predicted molar refractivity (Wildman–Crippen MR) is 68.2 cm³/mol. The van der Waals surface area contributed by atoms with E-state index in [9.17, 15) is 4.39 Å². The molecule has 0 amide bonds. The van der Waals surface area contributed by atoms with Crippen molar-refractivity contribution in [2.75, 3.05) is 20.8 Å². The summed E-state index contributed by atoms with van der Waals surface area (Å²) in [6, 6.07) is 3.29. The third-order valence-electron chi connectivity index (χ3n) is 3.97. The summed E-state index contributed by atoms with van der Waals surface area (Å²) in [6.45, 7) is 0.783. The van der Waals surface area contributed by atoms with Crippen LogP contribution in [0, 0.1) is 5.82 Å². The average molecular weight is 253 g/mol. The van der Waals surface area contributed by atoms with Crippen molar-refractivity contribution in [3.8, 4) is 5.75 Å². The molecule has 1 aromatic carbocycles. The van der Waals surface area contributed by atoms with Gasteiger partial charge < -0.3 is 15.2 Å². The van der Waals surface area contributed by atoms with Gasteiger partial charge in [0.1, 0.15) is 11.6 Å². The third kappa shape index (κ3) is 1.99. The highest BCUT2D eigenvalue weighted by molar-refractivity contribution is 5.47. The van der Waals surface area contributed by atoms with E-state index in [-0.39, 0.29) is 17.8 Å². The fourth-order valence-electron chi connectivity index (χ4n) is 2.72. The zero-order chi connectivity index (χ0) is 13.2. The maximum Gasteiger partial charge on any atom is 0.132 e. The Morgan fingerprint density at radius 3 is 2.50 bits per heavy atom. The lowest BCUT2D eigenvalue weighted by atomic mass is 9.64. The van der Waals surface area contributed by atoms with E-state index >= 15 is 0 Å². The summed E-state index contributed by atoms with van der Waals surface area (Å²) in [5.74, 6) is 0.311. The Hall–Kier alpha value is -1.13. The smallest absolute Gasteiger partial charge is 0.132 e. The van der Waals surface area contributed by atoms with Gasteiger partial charge in [0, 0.05) is 24.6 Å². The highest BCUT2D eigenvalue weighted by atomic mass is 19.1. The Morgan fingerprint density at radius 1 is 1.33 bits per heavy atom. The van der Waals surface area contributed by atoms with Gasteiger partial charge in [-0.2, -0.15) is 0 Å². The first-order valence-corrected chi connectivity index (χ1v) is 6.23. The maximum absolute atomic E-state index is 13.8. The molecule has 0 atom stereocenters. The van der Waals surface area contributed by atoms with Crippen LogP contribution in [0.4, 0.5) is 4.39 Å². The van der Waals surface area contributed by atoms with E-state index in [1.165, 1.54) is 6.07 Å². The second-order valence-electron chi connectivity index (χ2n) is 4.88. The van der Waals surface area contributed by atoms with Gasteiger partial charge in [-0.3, -0.25) is 0 Å². The molecule has 1 aliphatic carbocycles. The van der Waals surface area contributed by atoms with Gasteiger partial charge in [-0.05, 0) is 18.9 Å².